The lowest BCUT2D eigenvalue weighted by atomic mass is 10.0. The second-order valence-electron chi connectivity index (χ2n) is 11.6. The van der Waals surface area contributed by atoms with Crippen LogP contribution in [-0.4, -0.2) is 72.0 Å². The van der Waals surface area contributed by atoms with Gasteiger partial charge in [-0.15, -0.1) is 0 Å². The fourth-order valence-corrected chi connectivity index (χ4v) is 4.71. The molecule has 49 heavy (non-hydrogen) atoms. The number of hydrogen-bond acceptors (Lipinski definition) is 10. The Labute approximate surface area is 284 Å². The molecule has 0 aromatic heterocycles. The van der Waals surface area contributed by atoms with Crippen molar-refractivity contribution < 1.29 is 47.8 Å². The second-order valence-corrected chi connectivity index (χ2v) is 11.6. The highest BCUT2D eigenvalue weighted by atomic mass is 16.7. The van der Waals surface area contributed by atoms with Crippen molar-refractivity contribution in [1.82, 2.24) is 15.5 Å². The molecular weight excluding hydrogens is 636 g/mol. The van der Waals surface area contributed by atoms with E-state index in [1.54, 1.807) is 38.1 Å². The molecule has 0 bridgehead atoms. The number of esters is 2. The molecule has 3 N–H and O–H groups in total. The van der Waals surface area contributed by atoms with Crippen LogP contribution in [-0.2, 0) is 56.0 Å². The molecule has 0 saturated heterocycles. The van der Waals surface area contributed by atoms with E-state index in [4.69, 9.17) is 14.2 Å². The Bertz CT molecular complexity index is 1490. The summed E-state index contributed by atoms with van der Waals surface area (Å²) in [6, 6.07) is 13.7. The largest absolute Gasteiger partial charge is 0.461 e. The highest BCUT2D eigenvalue weighted by Gasteiger charge is 2.30. The van der Waals surface area contributed by atoms with Gasteiger partial charge in [0.2, 0.25) is 18.6 Å². The van der Waals surface area contributed by atoms with E-state index in [0.29, 0.717) is 24.9 Å². The lowest BCUT2D eigenvalue weighted by molar-refractivity contribution is -0.152. The number of nitrogens with one attached hydrogen (secondary N) is 3. The fraction of sp³-hybridized carbons (Fsp3) is 0.400. The van der Waals surface area contributed by atoms with Crippen LogP contribution >= 0.6 is 0 Å². The Morgan fingerprint density at radius 1 is 0.755 bits per heavy atom. The molecule has 0 spiro atoms. The van der Waals surface area contributed by atoms with Crippen LogP contribution in [0.5, 0.6) is 0 Å². The number of unbranched alkanes of at least 4 members (excludes halogenated alkanes) is 2. The summed E-state index contributed by atoms with van der Waals surface area (Å²) in [6.07, 6.45) is 3.21. The molecule has 262 valence electrons. The van der Waals surface area contributed by atoms with Crippen molar-refractivity contribution in [2.75, 3.05) is 18.7 Å². The van der Waals surface area contributed by atoms with Gasteiger partial charge in [0.1, 0.15) is 18.7 Å². The number of hydrogen-bond donors (Lipinski definition) is 3. The fourth-order valence-electron chi connectivity index (χ4n) is 4.71. The highest BCUT2D eigenvalue weighted by Crippen LogP contribution is 2.14. The van der Waals surface area contributed by atoms with Gasteiger partial charge in [-0.05, 0) is 42.0 Å². The molecule has 5 amide bonds. The topological polar surface area (TPSA) is 187 Å². The molecule has 1 aliphatic heterocycles. The lowest BCUT2D eigenvalue weighted by Crippen LogP contribution is -2.55. The smallest absolute Gasteiger partial charge is 0.410 e. The van der Waals surface area contributed by atoms with Crippen LogP contribution in [0, 0.1) is 5.92 Å². The number of ether oxygens (including phenoxy) is 3. The summed E-state index contributed by atoms with van der Waals surface area (Å²) < 4.78 is 14.9. The lowest BCUT2D eigenvalue weighted by Gasteiger charge is -2.25. The van der Waals surface area contributed by atoms with Gasteiger partial charge in [-0.25, -0.2) is 4.79 Å². The third-order valence-electron chi connectivity index (χ3n) is 7.37. The Hall–Kier alpha value is -5.53. The van der Waals surface area contributed by atoms with Crippen LogP contribution in [0.2, 0.25) is 0 Å². The van der Waals surface area contributed by atoms with Gasteiger partial charge in [0.25, 0.3) is 11.8 Å². The van der Waals surface area contributed by atoms with Gasteiger partial charge >= 0.3 is 18.0 Å². The number of anilines is 1. The summed E-state index contributed by atoms with van der Waals surface area (Å²) in [4.78, 5) is 86.7. The number of carbonyl (C=O) groups excluding carboxylic acids is 7. The number of rotatable bonds is 18. The molecule has 1 heterocycles. The average molecular weight is 679 g/mol. The van der Waals surface area contributed by atoms with Gasteiger partial charge < -0.3 is 30.2 Å². The maximum Gasteiger partial charge on any atom is 0.410 e. The zero-order valence-electron chi connectivity index (χ0n) is 27.8. The first-order valence-electron chi connectivity index (χ1n) is 15.9. The number of carbonyl (C=O) groups is 7. The third kappa shape index (κ3) is 13.2. The van der Waals surface area contributed by atoms with E-state index in [9.17, 15) is 33.6 Å². The van der Waals surface area contributed by atoms with Gasteiger partial charge in [-0.1, -0.05) is 62.7 Å². The summed E-state index contributed by atoms with van der Waals surface area (Å²) >= 11 is 0. The molecule has 2 aromatic carbocycles. The minimum atomic E-state index is -1.08. The van der Waals surface area contributed by atoms with Crippen molar-refractivity contribution in [1.29, 1.82) is 0 Å². The normalized spacial score (nSPS) is 13.4. The summed E-state index contributed by atoms with van der Waals surface area (Å²) in [5.41, 5.74) is 1.99. The van der Waals surface area contributed by atoms with Crippen LogP contribution in [0.4, 0.5) is 10.5 Å². The average Bonchev–Trinajstić information content (AvgIpc) is 3.39. The SMILES string of the molecule is CC(=O)OCc1ccc(NC(=O)[C@H](Cc2ccccc2)NC(=O)[C@@H](NC(=O)OCOC(=O)CCCCCN2C(=O)C=CC2=O)C(C)C)cc1. The predicted octanol–water partition coefficient (Wildman–Crippen LogP) is 3.15. The number of nitrogens with zero attached hydrogens (tertiary/aromatic N) is 1. The molecule has 0 radical (unpaired) electrons. The maximum absolute atomic E-state index is 13.4. The van der Waals surface area contributed by atoms with E-state index in [1.165, 1.54) is 19.1 Å². The van der Waals surface area contributed by atoms with E-state index in [0.717, 1.165) is 16.0 Å². The quantitative estimate of drug-likeness (QED) is 0.0915. The van der Waals surface area contributed by atoms with Gasteiger partial charge in [-0.2, -0.15) is 0 Å². The Morgan fingerprint density at radius 3 is 2.06 bits per heavy atom. The first-order chi connectivity index (χ1) is 23.4. The zero-order valence-corrected chi connectivity index (χ0v) is 27.8. The molecule has 0 fully saturated rings. The van der Waals surface area contributed by atoms with E-state index in [-0.39, 0.29) is 37.8 Å². The minimum Gasteiger partial charge on any atom is -0.461 e. The summed E-state index contributed by atoms with van der Waals surface area (Å²) in [5, 5.41) is 8.00. The number of alkyl carbamates (subject to hydrolysis) is 1. The first-order valence-corrected chi connectivity index (χ1v) is 15.9. The summed E-state index contributed by atoms with van der Waals surface area (Å²) in [5.74, 6) is -3.23. The number of benzene rings is 2. The van der Waals surface area contributed by atoms with E-state index < -0.39 is 54.6 Å². The molecule has 0 unspecified atom stereocenters. The molecule has 3 rings (SSSR count). The molecule has 1 aliphatic rings. The minimum absolute atomic E-state index is 0.0471. The molecular formula is C35H42N4O10. The molecule has 0 aliphatic carbocycles. The Balaban J connectivity index is 1.48. The summed E-state index contributed by atoms with van der Waals surface area (Å²) in [7, 11) is 0. The van der Waals surface area contributed by atoms with Crippen molar-refractivity contribution in [3.05, 3.63) is 77.9 Å². The zero-order chi connectivity index (χ0) is 35.8. The van der Waals surface area contributed by atoms with Gasteiger partial charge in [0, 0.05) is 44.1 Å². The van der Waals surface area contributed by atoms with E-state index in [2.05, 4.69) is 16.0 Å². The first kappa shape index (κ1) is 37.9. The Kier molecular flexibility index (Phi) is 15.0. The Morgan fingerprint density at radius 2 is 1.43 bits per heavy atom. The van der Waals surface area contributed by atoms with Crippen molar-refractivity contribution in [2.24, 2.45) is 5.92 Å². The van der Waals surface area contributed by atoms with Crippen LogP contribution < -0.4 is 16.0 Å². The summed E-state index contributed by atoms with van der Waals surface area (Å²) in [6.45, 7) is 4.42. The number of imide groups is 1. The van der Waals surface area contributed by atoms with Gasteiger partial charge in [-0.3, -0.25) is 33.7 Å². The van der Waals surface area contributed by atoms with Crippen molar-refractivity contribution in [2.45, 2.75) is 71.6 Å². The van der Waals surface area contributed by atoms with E-state index >= 15 is 0 Å². The third-order valence-corrected chi connectivity index (χ3v) is 7.37. The second kappa shape index (κ2) is 19.3. The van der Waals surface area contributed by atoms with Crippen molar-refractivity contribution in [3.8, 4) is 0 Å². The van der Waals surface area contributed by atoms with Gasteiger partial charge in [0.05, 0.1) is 0 Å². The van der Waals surface area contributed by atoms with E-state index in [1.807, 2.05) is 30.3 Å². The van der Waals surface area contributed by atoms with Crippen LogP contribution in [0.15, 0.2) is 66.7 Å². The number of amides is 5. The maximum atomic E-state index is 13.4. The molecule has 2 aromatic rings. The predicted molar refractivity (Wildman–Crippen MR) is 176 cm³/mol. The van der Waals surface area contributed by atoms with Crippen LogP contribution in [0.3, 0.4) is 0 Å². The standard InChI is InChI=1S/C35H42N4O10/c1-23(2)32(38-35(46)49-22-48-31(43)12-8-5-9-19-39-29(41)17-18-30(39)42)34(45)37-28(20-25-10-6-4-7-11-25)33(44)36-27-15-13-26(14-16-27)21-47-24(3)40/h4,6-7,10-11,13-18,23,28,32H,5,8-9,12,19-22H2,1-3H3,(H,36,44)(H,37,45)(H,38,46)/t28-,32-/m0/s1. The molecule has 0 saturated carbocycles. The molecule has 14 heteroatoms. The van der Waals surface area contributed by atoms with Crippen molar-refractivity contribution >= 4 is 47.3 Å². The van der Waals surface area contributed by atoms with Crippen LogP contribution in [0.25, 0.3) is 0 Å². The van der Waals surface area contributed by atoms with Gasteiger partial charge in [0.15, 0.2) is 0 Å². The van der Waals surface area contributed by atoms with Crippen molar-refractivity contribution in [3.63, 3.8) is 0 Å². The highest BCUT2D eigenvalue weighted by molar-refractivity contribution is 6.12. The molecule has 14 nitrogen and oxygen atoms in total. The molecule has 2 atom stereocenters. The van der Waals surface area contributed by atoms with Crippen LogP contribution in [0.1, 0.15) is 57.6 Å². The monoisotopic (exact) mass is 678 g/mol.